The molecule has 1 amide bonds. The monoisotopic (exact) mass is 443 g/mol. The van der Waals surface area contributed by atoms with E-state index in [0.717, 1.165) is 38.4 Å². The summed E-state index contributed by atoms with van der Waals surface area (Å²) in [5.41, 5.74) is 4.59. The van der Waals surface area contributed by atoms with Gasteiger partial charge in [-0.2, -0.15) is 0 Å². The van der Waals surface area contributed by atoms with Gasteiger partial charge in [-0.1, -0.05) is 56.3 Å². The standard InChI is InChI=1S/C28H33N3O2/c1-22(2)24-8-14-27(15-9-24)33-21-28(32)29-25-10-12-26(13-11-25)31-18-16-30(17-19-31)20-23-6-4-3-5-7-23/h3-15,22H,16-21H2,1-2H3,(H,29,32). The Bertz CT molecular complexity index is 1010. The Labute approximate surface area is 197 Å². The van der Waals surface area contributed by atoms with E-state index in [2.05, 4.69) is 71.4 Å². The Morgan fingerprint density at radius 1 is 0.879 bits per heavy atom. The van der Waals surface area contributed by atoms with Gasteiger partial charge in [0.1, 0.15) is 5.75 Å². The van der Waals surface area contributed by atoms with Crippen molar-refractivity contribution < 1.29 is 9.53 Å². The van der Waals surface area contributed by atoms with Crippen molar-refractivity contribution in [2.45, 2.75) is 26.3 Å². The Morgan fingerprint density at radius 3 is 2.18 bits per heavy atom. The molecule has 1 fully saturated rings. The minimum absolute atomic E-state index is 0.00779. The van der Waals surface area contributed by atoms with Gasteiger partial charge in [0.15, 0.2) is 6.61 Å². The lowest BCUT2D eigenvalue weighted by Gasteiger charge is -2.36. The molecule has 3 aromatic carbocycles. The molecule has 0 bridgehead atoms. The lowest BCUT2D eigenvalue weighted by molar-refractivity contribution is -0.118. The van der Waals surface area contributed by atoms with Gasteiger partial charge in [0, 0.05) is 44.1 Å². The molecule has 1 heterocycles. The van der Waals surface area contributed by atoms with Crippen LogP contribution in [0.3, 0.4) is 0 Å². The molecule has 0 aromatic heterocycles. The predicted octanol–water partition coefficient (Wildman–Crippen LogP) is 5.15. The highest BCUT2D eigenvalue weighted by Crippen LogP contribution is 2.21. The first kappa shape index (κ1) is 22.9. The van der Waals surface area contributed by atoms with E-state index in [0.29, 0.717) is 11.7 Å². The lowest BCUT2D eigenvalue weighted by atomic mass is 10.0. The zero-order valence-corrected chi connectivity index (χ0v) is 19.5. The van der Waals surface area contributed by atoms with E-state index in [1.54, 1.807) is 0 Å². The zero-order valence-electron chi connectivity index (χ0n) is 19.5. The maximum atomic E-state index is 12.3. The first-order chi connectivity index (χ1) is 16.1. The number of anilines is 2. The summed E-state index contributed by atoms with van der Waals surface area (Å²) in [6, 6.07) is 26.6. The van der Waals surface area contributed by atoms with E-state index in [1.165, 1.54) is 16.8 Å². The number of nitrogens with zero attached hydrogens (tertiary/aromatic N) is 2. The number of carbonyl (C=O) groups is 1. The molecule has 0 saturated carbocycles. The van der Waals surface area contributed by atoms with Crippen molar-refractivity contribution in [3.8, 4) is 5.75 Å². The fourth-order valence-corrected chi connectivity index (χ4v) is 4.06. The number of hydrogen-bond donors (Lipinski definition) is 1. The molecule has 0 radical (unpaired) electrons. The van der Waals surface area contributed by atoms with E-state index < -0.39 is 0 Å². The largest absolute Gasteiger partial charge is 0.484 e. The molecule has 0 unspecified atom stereocenters. The number of carbonyl (C=O) groups excluding carboxylic acids is 1. The maximum Gasteiger partial charge on any atom is 0.262 e. The highest BCUT2D eigenvalue weighted by Gasteiger charge is 2.17. The van der Waals surface area contributed by atoms with Gasteiger partial charge in [-0.15, -0.1) is 0 Å². The van der Waals surface area contributed by atoms with Crippen LogP contribution in [0.2, 0.25) is 0 Å². The second kappa shape index (κ2) is 11.0. The summed E-state index contributed by atoms with van der Waals surface area (Å²) in [5.74, 6) is 1.02. The molecule has 172 valence electrons. The Balaban J connectivity index is 1.21. The predicted molar refractivity (Wildman–Crippen MR) is 135 cm³/mol. The maximum absolute atomic E-state index is 12.3. The molecule has 5 nitrogen and oxygen atoms in total. The molecule has 1 saturated heterocycles. The Hall–Kier alpha value is -3.31. The van der Waals surface area contributed by atoms with Crippen LogP contribution in [0.25, 0.3) is 0 Å². The second-order valence-electron chi connectivity index (χ2n) is 8.86. The summed E-state index contributed by atoms with van der Waals surface area (Å²) in [6.45, 7) is 9.40. The molecular weight excluding hydrogens is 410 g/mol. The number of benzene rings is 3. The number of nitrogens with one attached hydrogen (secondary N) is 1. The molecule has 4 rings (SSSR count). The van der Waals surface area contributed by atoms with Gasteiger partial charge in [0.25, 0.3) is 5.91 Å². The SMILES string of the molecule is CC(C)c1ccc(OCC(=O)Nc2ccc(N3CCN(Cc4ccccc4)CC3)cc2)cc1. The average molecular weight is 444 g/mol. The minimum Gasteiger partial charge on any atom is -0.484 e. The van der Waals surface area contributed by atoms with Crippen LogP contribution >= 0.6 is 0 Å². The van der Waals surface area contributed by atoms with Gasteiger partial charge in [0.05, 0.1) is 0 Å². The summed E-state index contributed by atoms with van der Waals surface area (Å²) >= 11 is 0. The van der Waals surface area contributed by atoms with Crippen molar-refractivity contribution in [1.82, 2.24) is 4.90 Å². The van der Waals surface area contributed by atoms with Gasteiger partial charge in [0.2, 0.25) is 0 Å². The van der Waals surface area contributed by atoms with Crippen LogP contribution in [0.4, 0.5) is 11.4 Å². The van der Waals surface area contributed by atoms with Crippen molar-refractivity contribution in [1.29, 1.82) is 0 Å². The molecule has 1 aliphatic rings. The minimum atomic E-state index is -0.162. The number of rotatable bonds is 8. The summed E-state index contributed by atoms with van der Waals surface area (Å²) in [6.07, 6.45) is 0. The van der Waals surface area contributed by atoms with Crippen molar-refractivity contribution in [2.24, 2.45) is 0 Å². The lowest BCUT2D eigenvalue weighted by Crippen LogP contribution is -2.45. The molecule has 33 heavy (non-hydrogen) atoms. The van der Waals surface area contributed by atoms with Crippen LogP contribution in [-0.2, 0) is 11.3 Å². The quantitative estimate of drug-likeness (QED) is 0.523. The Kier molecular flexibility index (Phi) is 7.63. The summed E-state index contributed by atoms with van der Waals surface area (Å²) in [4.78, 5) is 17.2. The molecule has 1 N–H and O–H groups in total. The topological polar surface area (TPSA) is 44.8 Å². The smallest absolute Gasteiger partial charge is 0.262 e. The first-order valence-electron chi connectivity index (χ1n) is 11.7. The van der Waals surface area contributed by atoms with Crippen molar-refractivity contribution in [3.63, 3.8) is 0 Å². The fraction of sp³-hybridized carbons (Fsp3) is 0.321. The molecule has 0 atom stereocenters. The summed E-state index contributed by atoms with van der Waals surface area (Å²) in [7, 11) is 0. The van der Waals surface area contributed by atoms with Crippen molar-refractivity contribution in [3.05, 3.63) is 90.0 Å². The first-order valence-corrected chi connectivity index (χ1v) is 11.7. The van der Waals surface area contributed by atoms with Crippen LogP contribution < -0.4 is 15.0 Å². The van der Waals surface area contributed by atoms with E-state index in [4.69, 9.17) is 4.74 Å². The van der Waals surface area contributed by atoms with Gasteiger partial charge in [-0.05, 0) is 53.4 Å². The van der Waals surface area contributed by atoms with E-state index in [1.807, 2.05) is 36.4 Å². The third kappa shape index (κ3) is 6.59. The van der Waals surface area contributed by atoms with Crippen molar-refractivity contribution >= 4 is 17.3 Å². The van der Waals surface area contributed by atoms with Crippen molar-refractivity contribution in [2.75, 3.05) is 43.0 Å². The number of amides is 1. The summed E-state index contributed by atoms with van der Waals surface area (Å²) < 4.78 is 5.62. The number of piperazine rings is 1. The van der Waals surface area contributed by atoms with Crippen LogP contribution in [0.5, 0.6) is 5.75 Å². The number of hydrogen-bond acceptors (Lipinski definition) is 4. The Morgan fingerprint density at radius 2 is 1.55 bits per heavy atom. The third-order valence-electron chi connectivity index (χ3n) is 6.05. The zero-order chi connectivity index (χ0) is 23.0. The van der Waals surface area contributed by atoms with Crippen LogP contribution in [0.15, 0.2) is 78.9 Å². The van der Waals surface area contributed by atoms with Gasteiger partial charge in [-0.3, -0.25) is 9.69 Å². The molecule has 0 aliphatic carbocycles. The molecule has 5 heteroatoms. The summed E-state index contributed by atoms with van der Waals surface area (Å²) in [5, 5.41) is 2.92. The van der Waals surface area contributed by atoms with Gasteiger partial charge < -0.3 is 15.0 Å². The molecule has 1 aliphatic heterocycles. The second-order valence-corrected chi connectivity index (χ2v) is 8.86. The van der Waals surface area contributed by atoms with E-state index in [-0.39, 0.29) is 12.5 Å². The van der Waals surface area contributed by atoms with E-state index >= 15 is 0 Å². The van der Waals surface area contributed by atoms with Gasteiger partial charge in [-0.25, -0.2) is 0 Å². The molecule has 3 aromatic rings. The van der Waals surface area contributed by atoms with E-state index in [9.17, 15) is 4.79 Å². The average Bonchev–Trinajstić information content (AvgIpc) is 2.85. The number of ether oxygens (including phenoxy) is 1. The molecular formula is C28H33N3O2. The van der Waals surface area contributed by atoms with Crippen LogP contribution in [-0.4, -0.2) is 43.6 Å². The normalized spacial score (nSPS) is 14.3. The van der Waals surface area contributed by atoms with Crippen LogP contribution in [0, 0.1) is 0 Å². The highest BCUT2D eigenvalue weighted by atomic mass is 16.5. The van der Waals surface area contributed by atoms with Crippen LogP contribution in [0.1, 0.15) is 30.9 Å². The highest BCUT2D eigenvalue weighted by molar-refractivity contribution is 5.92. The molecule has 0 spiro atoms. The van der Waals surface area contributed by atoms with Gasteiger partial charge >= 0.3 is 0 Å². The fourth-order valence-electron chi connectivity index (χ4n) is 4.06. The third-order valence-corrected chi connectivity index (χ3v) is 6.05.